The number of aryl methyl sites for hydroxylation is 1. The summed E-state index contributed by atoms with van der Waals surface area (Å²) in [6.45, 7) is 4.47. The molecule has 1 aliphatic rings. The van der Waals surface area contributed by atoms with Crippen molar-refractivity contribution in [2.75, 3.05) is 5.75 Å². The van der Waals surface area contributed by atoms with Crippen LogP contribution in [0.15, 0.2) is 24.3 Å². The van der Waals surface area contributed by atoms with E-state index in [1.165, 1.54) is 5.56 Å². The Morgan fingerprint density at radius 3 is 3.09 bits per heavy atom. The van der Waals surface area contributed by atoms with E-state index in [2.05, 4.69) is 27.6 Å². The number of carbonyl (C=O) groups is 1. The van der Waals surface area contributed by atoms with Crippen molar-refractivity contribution in [2.24, 2.45) is 0 Å². The highest BCUT2D eigenvalue weighted by Crippen LogP contribution is 2.36. The number of nitrogens with zero attached hydrogens (tertiary/aromatic N) is 2. The number of benzene rings is 1. The molecule has 0 unspecified atom stereocenters. The van der Waals surface area contributed by atoms with Crippen LogP contribution in [0.5, 0.6) is 0 Å². The average Bonchev–Trinajstić information content (AvgIpc) is 2.93. The molecule has 0 aliphatic carbocycles. The van der Waals surface area contributed by atoms with Gasteiger partial charge in [-0.05, 0) is 49.4 Å². The topological polar surface area (TPSA) is 62.7 Å². The van der Waals surface area contributed by atoms with Gasteiger partial charge in [0.15, 0.2) is 10.6 Å². The highest BCUT2D eigenvalue weighted by Gasteiger charge is 2.26. The largest absolute Gasteiger partial charge is 0.348 e. The van der Waals surface area contributed by atoms with E-state index in [0.29, 0.717) is 11.3 Å². The first-order valence-electron chi connectivity index (χ1n) is 7.71. The second-order valence-electron chi connectivity index (χ2n) is 5.83. The first-order valence-corrected chi connectivity index (χ1v) is 9.16. The minimum Gasteiger partial charge on any atom is -0.348 e. The highest BCUT2D eigenvalue weighted by molar-refractivity contribution is 8.00. The number of thioether (sulfide) groups is 1. The molecule has 1 amide bonds. The number of hydrogen-bond acceptors (Lipinski definition) is 4. The third-order valence-electron chi connectivity index (χ3n) is 3.95. The first-order chi connectivity index (χ1) is 11.1. The molecule has 2 aromatic rings. The number of H-pyrrole nitrogens is 1. The van der Waals surface area contributed by atoms with Gasteiger partial charge < -0.3 is 9.88 Å². The number of amides is 1. The molecule has 2 N–H and O–H groups in total. The lowest BCUT2D eigenvalue weighted by molar-refractivity contribution is -0.120. The molecule has 1 aromatic heterocycles. The van der Waals surface area contributed by atoms with Gasteiger partial charge in [-0.25, -0.2) is 0 Å². The summed E-state index contributed by atoms with van der Waals surface area (Å²) >= 11 is 6.93. The summed E-state index contributed by atoms with van der Waals surface area (Å²) in [7, 11) is 0. The predicted octanol–water partition coefficient (Wildman–Crippen LogP) is 3.17. The Bertz CT molecular complexity index is 765. The maximum atomic E-state index is 12.6. The molecule has 0 fully saturated rings. The van der Waals surface area contributed by atoms with Crippen LogP contribution in [0.1, 0.15) is 42.1 Å². The van der Waals surface area contributed by atoms with Crippen molar-refractivity contribution in [1.29, 1.82) is 0 Å². The minimum absolute atomic E-state index is 0.0337. The Morgan fingerprint density at radius 2 is 2.30 bits per heavy atom. The second kappa shape index (κ2) is 6.88. The molecule has 1 aliphatic heterocycles. The van der Waals surface area contributed by atoms with Gasteiger partial charge in [-0.15, -0.1) is 11.8 Å². The molecule has 0 radical (unpaired) electrons. The zero-order chi connectivity index (χ0) is 16.4. The summed E-state index contributed by atoms with van der Waals surface area (Å²) < 4.78 is 2.51. The molecule has 1 aromatic carbocycles. The third-order valence-corrected chi connectivity index (χ3v) is 5.48. The molecule has 122 valence electrons. The van der Waals surface area contributed by atoms with E-state index >= 15 is 0 Å². The van der Waals surface area contributed by atoms with E-state index in [4.69, 9.17) is 12.2 Å². The summed E-state index contributed by atoms with van der Waals surface area (Å²) in [4.78, 5) is 12.6. The molecule has 0 bridgehead atoms. The van der Waals surface area contributed by atoms with Crippen molar-refractivity contribution in [3.8, 4) is 0 Å². The van der Waals surface area contributed by atoms with Crippen molar-refractivity contribution in [2.45, 2.75) is 38.1 Å². The number of aromatic nitrogens is 3. The SMILES string of the molecule is CC(C)n1c(CNC(=O)[C@H]2SCCc3ccccc32)n[nH]c1=S. The molecule has 0 saturated heterocycles. The van der Waals surface area contributed by atoms with Crippen LogP contribution in [0.3, 0.4) is 0 Å². The number of rotatable bonds is 4. The lowest BCUT2D eigenvalue weighted by Gasteiger charge is -2.24. The summed E-state index contributed by atoms with van der Waals surface area (Å²) in [6, 6.07) is 8.40. The van der Waals surface area contributed by atoms with Crippen LogP contribution in [0.2, 0.25) is 0 Å². The van der Waals surface area contributed by atoms with Crippen molar-refractivity contribution in [3.05, 3.63) is 46.0 Å². The summed E-state index contributed by atoms with van der Waals surface area (Å²) in [6.07, 6.45) is 1.02. The van der Waals surface area contributed by atoms with Crippen LogP contribution in [-0.2, 0) is 17.8 Å². The van der Waals surface area contributed by atoms with Crippen molar-refractivity contribution in [3.63, 3.8) is 0 Å². The minimum atomic E-state index is -0.144. The average molecular weight is 348 g/mol. The molecule has 23 heavy (non-hydrogen) atoms. The molecule has 0 saturated carbocycles. The number of carbonyl (C=O) groups excluding carboxylic acids is 1. The molecule has 3 rings (SSSR count). The quantitative estimate of drug-likeness (QED) is 0.833. The van der Waals surface area contributed by atoms with E-state index in [1.54, 1.807) is 11.8 Å². The summed E-state index contributed by atoms with van der Waals surface area (Å²) in [5.41, 5.74) is 2.40. The molecule has 5 nitrogen and oxygen atoms in total. The van der Waals surface area contributed by atoms with Gasteiger partial charge in [0.05, 0.1) is 6.54 Å². The van der Waals surface area contributed by atoms with Gasteiger partial charge in [0.2, 0.25) is 5.91 Å². The number of fused-ring (bicyclic) bond motifs is 1. The third kappa shape index (κ3) is 3.35. The van der Waals surface area contributed by atoms with E-state index in [9.17, 15) is 4.79 Å². The molecule has 2 heterocycles. The Labute approximate surface area is 144 Å². The Kier molecular flexibility index (Phi) is 4.87. The maximum Gasteiger partial charge on any atom is 0.238 e. The summed E-state index contributed by atoms with van der Waals surface area (Å²) in [5.74, 6) is 1.76. The number of nitrogens with one attached hydrogen (secondary N) is 2. The Morgan fingerprint density at radius 1 is 1.52 bits per heavy atom. The van der Waals surface area contributed by atoms with Crippen molar-refractivity contribution < 1.29 is 4.79 Å². The number of hydrogen-bond donors (Lipinski definition) is 2. The Balaban J connectivity index is 1.73. The van der Waals surface area contributed by atoms with Crippen LogP contribution in [0, 0.1) is 4.77 Å². The zero-order valence-corrected chi connectivity index (χ0v) is 14.8. The fourth-order valence-corrected chi connectivity index (χ4v) is 4.44. The number of aromatic amines is 1. The lowest BCUT2D eigenvalue weighted by Crippen LogP contribution is -2.31. The second-order valence-corrected chi connectivity index (χ2v) is 7.43. The standard InChI is InChI=1S/C16H20N4OS2/c1-10(2)20-13(18-19-16(20)22)9-17-15(21)14-12-6-4-3-5-11(12)7-8-23-14/h3-6,10,14H,7-9H2,1-2H3,(H,17,21)(H,19,22)/t14-/m0/s1. The molecular weight excluding hydrogens is 328 g/mol. The maximum absolute atomic E-state index is 12.6. The fourth-order valence-electron chi connectivity index (χ4n) is 2.86. The van der Waals surface area contributed by atoms with Crippen LogP contribution in [0.4, 0.5) is 0 Å². The monoisotopic (exact) mass is 348 g/mol. The Hall–Kier alpha value is -1.60. The van der Waals surface area contributed by atoms with Crippen LogP contribution >= 0.6 is 24.0 Å². The van der Waals surface area contributed by atoms with Gasteiger partial charge in [0, 0.05) is 6.04 Å². The predicted molar refractivity (Wildman–Crippen MR) is 95.0 cm³/mol. The van der Waals surface area contributed by atoms with Gasteiger partial charge in [0.25, 0.3) is 0 Å². The zero-order valence-electron chi connectivity index (χ0n) is 13.2. The van der Waals surface area contributed by atoms with E-state index in [0.717, 1.165) is 23.6 Å². The molecule has 0 spiro atoms. The molecular formula is C16H20N4OS2. The summed E-state index contributed by atoms with van der Waals surface area (Å²) in [5, 5.41) is 9.88. The molecule has 7 heteroatoms. The van der Waals surface area contributed by atoms with Gasteiger partial charge in [-0.3, -0.25) is 9.89 Å². The van der Waals surface area contributed by atoms with Crippen LogP contribution in [0.25, 0.3) is 0 Å². The van der Waals surface area contributed by atoms with Gasteiger partial charge >= 0.3 is 0 Å². The highest BCUT2D eigenvalue weighted by atomic mass is 32.2. The smallest absolute Gasteiger partial charge is 0.238 e. The molecule has 1 atom stereocenters. The fraction of sp³-hybridized carbons (Fsp3) is 0.438. The lowest BCUT2D eigenvalue weighted by atomic mass is 10.0. The van der Waals surface area contributed by atoms with Gasteiger partial charge in [-0.1, -0.05) is 24.3 Å². The first kappa shape index (κ1) is 16.3. The van der Waals surface area contributed by atoms with Crippen LogP contribution < -0.4 is 5.32 Å². The van der Waals surface area contributed by atoms with Crippen LogP contribution in [-0.4, -0.2) is 26.4 Å². The van der Waals surface area contributed by atoms with Gasteiger partial charge in [0.1, 0.15) is 5.25 Å². The normalized spacial score (nSPS) is 17.1. The van der Waals surface area contributed by atoms with E-state index < -0.39 is 0 Å². The van der Waals surface area contributed by atoms with Gasteiger partial charge in [-0.2, -0.15) is 5.10 Å². The van der Waals surface area contributed by atoms with E-state index in [1.807, 2.05) is 30.5 Å². The van der Waals surface area contributed by atoms with Crippen molar-refractivity contribution >= 4 is 29.9 Å². The van der Waals surface area contributed by atoms with Crippen molar-refractivity contribution in [1.82, 2.24) is 20.1 Å². The van der Waals surface area contributed by atoms with E-state index in [-0.39, 0.29) is 17.2 Å².